The lowest BCUT2D eigenvalue weighted by atomic mass is 10.0. The number of ether oxygens (including phenoxy) is 1. The molecule has 1 aromatic heterocycles. The Kier molecular flexibility index (Phi) is 3.76. The molecule has 1 unspecified atom stereocenters. The molecule has 0 aliphatic heterocycles. The maximum atomic E-state index is 13.7. The van der Waals surface area contributed by atoms with Crippen LogP contribution in [-0.2, 0) is 0 Å². The van der Waals surface area contributed by atoms with Gasteiger partial charge in [0, 0.05) is 5.56 Å². The summed E-state index contributed by atoms with van der Waals surface area (Å²) in [5, 5.41) is 0. The molecule has 0 aliphatic rings. The van der Waals surface area contributed by atoms with E-state index in [1.807, 2.05) is 26.0 Å². The lowest BCUT2D eigenvalue weighted by Crippen LogP contribution is -1.95. The number of benzene rings is 1. The molecule has 1 aromatic carbocycles. The molecule has 0 spiro atoms. The van der Waals surface area contributed by atoms with E-state index in [0.717, 1.165) is 22.6 Å². The van der Waals surface area contributed by atoms with Gasteiger partial charge in [-0.05, 0) is 37.6 Å². The van der Waals surface area contributed by atoms with Crippen molar-refractivity contribution in [2.24, 2.45) is 0 Å². The number of furan rings is 1. The summed E-state index contributed by atoms with van der Waals surface area (Å²) in [5.74, 6) is 1.57. The van der Waals surface area contributed by atoms with Crippen molar-refractivity contribution in [1.29, 1.82) is 0 Å². The third-order valence-electron chi connectivity index (χ3n) is 2.82. The SMILES string of the molecule is COc1ccc(C(Br)c2cc(C)oc2C)cc1F. The van der Waals surface area contributed by atoms with Crippen LogP contribution >= 0.6 is 15.9 Å². The summed E-state index contributed by atoms with van der Waals surface area (Å²) >= 11 is 3.57. The van der Waals surface area contributed by atoms with Crippen LogP contribution in [0.5, 0.6) is 5.75 Å². The molecule has 0 amide bonds. The molecule has 0 saturated carbocycles. The van der Waals surface area contributed by atoms with Gasteiger partial charge in [0.1, 0.15) is 11.5 Å². The zero-order chi connectivity index (χ0) is 13.3. The van der Waals surface area contributed by atoms with Crippen LogP contribution in [0.4, 0.5) is 4.39 Å². The first-order valence-electron chi connectivity index (χ1n) is 5.57. The molecule has 1 heterocycles. The molecule has 96 valence electrons. The van der Waals surface area contributed by atoms with Crippen LogP contribution in [0.15, 0.2) is 28.7 Å². The number of alkyl halides is 1. The standard InChI is InChI=1S/C14H14BrFO2/c1-8-6-11(9(2)18-8)14(15)10-4-5-13(17-3)12(16)7-10/h4-7,14H,1-3H3. The third kappa shape index (κ3) is 2.43. The van der Waals surface area contributed by atoms with E-state index in [1.165, 1.54) is 13.2 Å². The molecular formula is C14H14BrFO2. The van der Waals surface area contributed by atoms with Gasteiger partial charge in [-0.1, -0.05) is 22.0 Å². The Bertz CT molecular complexity index is 563. The number of aryl methyl sites for hydroxylation is 2. The molecule has 0 N–H and O–H groups in total. The molecule has 2 nitrogen and oxygen atoms in total. The molecule has 0 radical (unpaired) electrons. The molecule has 2 aromatic rings. The van der Waals surface area contributed by atoms with Crippen LogP contribution in [0.2, 0.25) is 0 Å². The second-order valence-electron chi connectivity index (χ2n) is 4.13. The average Bonchev–Trinajstić information content (AvgIpc) is 2.67. The van der Waals surface area contributed by atoms with Gasteiger partial charge in [0.05, 0.1) is 11.9 Å². The topological polar surface area (TPSA) is 22.4 Å². The van der Waals surface area contributed by atoms with E-state index in [4.69, 9.17) is 9.15 Å². The van der Waals surface area contributed by atoms with Gasteiger partial charge in [0.15, 0.2) is 11.6 Å². The monoisotopic (exact) mass is 312 g/mol. The Hall–Kier alpha value is -1.29. The smallest absolute Gasteiger partial charge is 0.165 e. The Morgan fingerprint density at radius 1 is 1.28 bits per heavy atom. The zero-order valence-electron chi connectivity index (χ0n) is 10.5. The van der Waals surface area contributed by atoms with Crippen molar-refractivity contribution < 1.29 is 13.5 Å². The molecule has 0 aliphatic carbocycles. The molecule has 0 saturated heterocycles. The fraction of sp³-hybridized carbons (Fsp3) is 0.286. The van der Waals surface area contributed by atoms with E-state index in [2.05, 4.69) is 15.9 Å². The number of rotatable bonds is 3. The molecule has 18 heavy (non-hydrogen) atoms. The van der Waals surface area contributed by atoms with Crippen LogP contribution < -0.4 is 4.74 Å². The van der Waals surface area contributed by atoms with Crippen LogP contribution in [-0.4, -0.2) is 7.11 Å². The summed E-state index contributed by atoms with van der Waals surface area (Å²) in [4.78, 5) is -0.0876. The summed E-state index contributed by atoms with van der Waals surface area (Å²) in [6.45, 7) is 3.79. The van der Waals surface area contributed by atoms with Gasteiger partial charge in [0.25, 0.3) is 0 Å². The van der Waals surface area contributed by atoms with E-state index in [1.54, 1.807) is 6.07 Å². The Balaban J connectivity index is 2.37. The second kappa shape index (κ2) is 5.14. The van der Waals surface area contributed by atoms with Crippen LogP contribution in [0.1, 0.15) is 27.5 Å². The number of hydrogen-bond acceptors (Lipinski definition) is 2. The van der Waals surface area contributed by atoms with E-state index < -0.39 is 0 Å². The highest BCUT2D eigenvalue weighted by Crippen LogP contribution is 2.35. The van der Waals surface area contributed by atoms with Gasteiger partial charge in [-0.15, -0.1) is 0 Å². The average molecular weight is 313 g/mol. The highest BCUT2D eigenvalue weighted by Gasteiger charge is 2.17. The molecular weight excluding hydrogens is 299 g/mol. The molecule has 0 bridgehead atoms. The van der Waals surface area contributed by atoms with Crippen LogP contribution in [0.3, 0.4) is 0 Å². The Morgan fingerprint density at radius 2 is 2.00 bits per heavy atom. The Labute approximate surface area is 114 Å². The van der Waals surface area contributed by atoms with Gasteiger partial charge in [-0.25, -0.2) is 4.39 Å². The van der Waals surface area contributed by atoms with Crippen molar-refractivity contribution in [3.05, 3.63) is 52.7 Å². The number of halogens is 2. The first-order chi connectivity index (χ1) is 8.52. The van der Waals surface area contributed by atoms with Crippen molar-refractivity contribution >= 4 is 15.9 Å². The van der Waals surface area contributed by atoms with Gasteiger partial charge in [-0.2, -0.15) is 0 Å². The second-order valence-corrected chi connectivity index (χ2v) is 5.04. The van der Waals surface area contributed by atoms with Crippen LogP contribution in [0, 0.1) is 19.7 Å². The Morgan fingerprint density at radius 3 is 2.50 bits per heavy atom. The minimum Gasteiger partial charge on any atom is -0.494 e. The summed E-state index contributed by atoms with van der Waals surface area (Å²) in [6.07, 6.45) is 0. The minimum absolute atomic E-state index is 0.0876. The van der Waals surface area contributed by atoms with Crippen molar-refractivity contribution in [2.45, 2.75) is 18.7 Å². The predicted octanol–water partition coefficient (Wildman–Crippen LogP) is 4.53. The van der Waals surface area contributed by atoms with Gasteiger partial charge < -0.3 is 9.15 Å². The quantitative estimate of drug-likeness (QED) is 0.777. The zero-order valence-corrected chi connectivity index (χ0v) is 12.0. The van der Waals surface area contributed by atoms with Crippen molar-refractivity contribution in [3.8, 4) is 5.75 Å². The summed E-state index contributed by atoms with van der Waals surface area (Å²) in [6, 6.07) is 6.89. The normalized spacial score (nSPS) is 12.5. The van der Waals surface area contributed by atoms with E-state index in [-0.39, 0.29) is 16.4 Å². The van der Waals surface area contributed by atoms with E-state index in [0.29, 0.717) is 0 Å². The molecule has 0 fully saturated rings. The number of hydrogen-bond donors (Lipinski definition) is 0. The maximum absolute atomic E-state index is 13.7. The third-order valence-corrected chi connectivity index (χ3v) is 3.84. The fourth-order valence-electron chi connectivity index (χ4n) is 1.92. The molecule has 1 atom stereocenters. The maximum Gasteiger partial charge on any atom is 0.165 e. The highest BCUT2D eigenvalue weighted by atomic mass is 79.9. The van der Waals surface area contributed by atoms with E-state index >= 15 is 0 Å². The summed E-state index contributed by atoms with van der Waals surface area (Å²) in [5.41, 5.74) is 1.84. The van der Waals surface area contributed by atoms with Gasteiger partial charge in [0.2, 0.25) is 0 Å². The summed E-state index contributed by atoms with van der Waals surface area (Å²) in [7, 11) is 1.45. The summed E-state index contributed by atoms with van der Waals surface area (Å²) < 4.78 is 24.1. The van der Waals surface area contributed by atoms with Gasteiger partial charge >= 0.3 is 0 Å². The first-order valence-corrected chi connectivity index (χ1v) is 6.49. The van der Waals surface area contributed by atoms with E-state index in [9.17, 15) is 4.39 Å². The predicted molar refractivity (Wildman–Crippen MR) is 71.9 cm³/mol. The van der Waals surface area contributed by atoms with Crippen molar-refractivity contribution in [3.63, 3.8) is 0 Å². The molecule has 4 heteroatoms. The van der Waals surface area contributed by atoms with Crippen molar-refractivity contribution in [2.75, 3.05) is 7.11 Å². The minimum atomic E-state index is -0.364. The van der Waals surface area contributed by atoms with Crippen molar-refractivity contribution in [1.82, 2.24) is 0 Å². The molecule has 2 rings (SSSR count). The lowest BCUT2D eigenvalue weighted by Gasteiger charge is -2.10. The fourth-order valence-corrected chi connectivity index (χ4v) is 2.66. The lowest BCUT2D eigenvalue weighted by molar-refractivity contribution is 0.386. The van der Waals surface area contributed by atoms with Crippen LogP contribution in [0.25, 0.3) is 0 Å². The largest absolute Gasteiger partial charge is 0.494 e. The first kappa shape index (κ1) is 13.1. The number of methoxy groups -OCH3 is 1. The van der Waals surface area contributed by atoms with Gasteiger partial charge in [-0.3, -0.25) is 0 Å². The highest BCUT2D eigenvalue weighted by molar-refractivity contribution is 9.09.